The topological polar surface area (TPSA) is 12.0 Å². The van der Waals surface area contributed by atoms with Gasteiger partial charge in [0, 0.05) is 6.54 Å². The lowest BCUT2D eigenvalue weighted by Gasteiger charge is -2.10. The Balaban J connectivity index is 1.87. The maximum atomic E-state index is 3.65. The van der Waals surface area contributed by atoms with Crippen LogP contribution in [0.4, 0.5) is 0 Å². The highest BCUT2D eigenvalue weighted by molar-refractivity contribution is 5.27. The van der Waals surface area contributed by atoms with Gasteiger partial charge in [0.25, 0.3) is 0 Å². The lowest BCUT2D eigenvalue weighted by Crippen LogP contribution is -2.19. The molecular weight excluding hydrogens is 218 g/mol. The summed E-state index contributed by atoms with van der Waals surface area (Å²) in [4.78, 5) is 0. The van der Waals surface area contributed by atoms with Crippen LogP contribution in [0.5, 0.6) is 0 Å². The molecule has 0 heterocycles. The standard InChI is InChI=1S/C17H27N/c1-6-13-9-7-8-10-14(13)11-18-12-15-16(2,3)17(15,4)5/h7-10,15,18H,6,11-12H2,1-5H3. The van der Waals surface area contributed by atoms with Gasteiger partial charge in [0.05, 0.1) is 0 Å². The second kappa shape index (κ2) is 4.70. The first-order chi connectivity index (χ1) is 8.41. The lowest BCUT2D eigenvalue weighted by molar-refractivity contribution is 0.457. The Morgan fingerprint density at radius 2 is 1.56 bits per heavy atom. The van der Waals surface area contributed by atoms with Crippen molar-refractivity contribution in [2.45, 2.75) is 47.6 Å². The zero-order valence-electron chi connectivity index (χ0n) is 12.5. The zero-order valence-corrected chi connectivity index (χ0v) is 12.5. The number of benzene rings is 1. The Hall–Kier alpha value is -0.820. The lowest BCUT2D eigenvalue weighted by atomic mass is 10.0. The number of nitrogens with one attached hydrogen (secondary N) is 1. The summed E-state index contributed by atoms with van der Waals surface area (Å²) < 4.78 is 0. The van der Waals surface area contributed by atoms with Gasteiger partial charge in [-0.2, -0.15) is 0 Å². The summed E-state index contributed by atoms with van der Waals surface area (Å²) >= 11 is 0. The molecule has 2 rings (SSSR count). The van der Waals surface area contributed by atoms with Crippen molar-refractivity contribution >= 4 is 0 Å². The molecule has 18 heavy (non-hydrogen) atoms. The van der Waals surface area contributed by atoms with Gasteiger partial charge >= 0.3 is 0 Å². The molecule has 0 radical (unpaired) electrons. The molecule has 1 aliphatic carbocycles. The van der Waals surface area contributed by atoms with Gasteiger partial charge in [-0.15, -0.1) is 0 Å². The van der Waals surface area contributed by atoms with Gasteiger partial charge in [-0.25, -0.2) is 0 Å². The second-order valence-electron chi connectivity index (χ2n) is 6.75. The molecule has 100 valence electrons. The van der Waals surface area contributed by atoms with E-state index in [9.17, 15) is 0 Å². The highest BCUT2D eigenvalue weighted by Gasteiger charge is 2.63. The molecule has 1 aromatic rings. The molecule has 0 spiro atoms. The van der Waals surface area contributed by atoms with E-state index in [4.69, 9.17) is 0 Å². The Labute approximate surface area is 112 Å². The Bertz CT molecular complexity index is 403. The third-order valence-electron chi connectivity index (χ3n) is 5.48. The van der Waals surface area contributed by atoms with E-state index in [1.165, 1.54) is 11.1 Å². The van der Waals surface area contributed by atoms with Crippen LogP contribution in [0.1, 0.15) is 45.7 Å². The molecule has 1 aromatic carbocycles. The van der Waals surface area contributed by atoms with E-state index in [1.54, 1.807) is 0 Å². The summed E-state index contributed by atoms with van der Waals surface area (Å²) in [6.45, 7) is 13.9. The smallest absolute Gasteiger partial charge is 0.0208 e. The molecule has 1 heteroatoms. The van der Waals surface area contributed by atoms with E-state index in [0.717, 1.165) is 25.4 Å². The van der Waals surface area contributed by atoms with Gasteiger partial charge in [0.1, 0.15) is 0 Å². The van der Waals surface area contributed by atoms with Crippen LogP contribution >= 0.6 is 0 Å². The molecule has 1 nitrogen and oxygen atoms in total. The molecule has 1 N–H and O–H groups in total. The van der Waals surface area contributed by atoms with E-state index in [-0.39, 0.29) is 0 Å². The van der Waals surface area contributed by atoms with Crippen molar-refractivity contribution < 1.29 is 0 Å². The fourth-order valence-electron chi connectivity index (χ4n) is 3.27. The summed E-state index contributed by atoms with van der Waals surface area (Å²) in [5.41, 5.74) is 3.91. The Morgan fingerprint density at radius 3 is 2.06 bits per heavy atom. The molecule has 0 bridgehead atoms. The largest absolute Gasteiger partial charge is 0.312 e. The summed E-state index contributed by atoms with van der Waals surface area (Å²) in [5.74, 6) is 0.804. The van der Waals surface area contributed by atoms with Crippen molar-refractivity contribution in [3.05, 3.63) is 35.4 Å². The van der Waals surface area contributed by atoms with Crippen LogP contribution < -0.4 is 5.32 Å². The first kappa shape index (κ1) is 13.6. The normalized spacial score (nSPS) is 20.9. The SMILES string of the molecule is CCc1ccccc1CNCC1C(C)(C)C1(C)C. The predicted molar refractivity (Wildman–Crippen MR) is 78.6 cm³/mol. The summed E-state index contributed by atoms with van der Waals surface area (Å²) in [6.07, 6.45) is 1.12. The average Bonchev–Trinajstić information content (AvgIpc) is 2.72. The third kappa shape index (κ3) is 2.21. The molecule has 0 unspecified atom stereocenters. The quantitative estimate of drug-likeness (QED) is 0.826. The maximum absolute atomic E-state index is 3.65. The molecule has 0 aromatic heterocycles. The summed E-state index contributed by atoms with van der Waals surface area (Å²) in [7, 11) is 0. The molecule has 0 atom stereocenters. The summed E-state index contributed by atoms with van der Waals surface area (Å²) in [6, 6.07) is 8.76. The van der Waals surface area contributed by atoms with E-state index < -0.39 is 0 Å². The van der Waals surface area contributed by atoms with Crippen LogP contribution in [0.2, 0.25) is 0 Å². The van der Waals surface area contributed by atoms with Crippen LogP contribution in [0.15, 0.2) is 24.3 Å². The molecular formula is C17H27N. The van der Waals surface area contributed by atoms with Gasteiger partial charge in [-0.1, -0.05) is 58.9 Å². The van der Waals surface area contributed by atoms with Crippen molar-refractivity contribution in [1.82, 2.24) is 5.32 Å². The van der Waals surface area contributed by atoms with Gasteiger partial charge in [-0.3, -0.25) is 0 Å². The molecule has 1 fully saturated rings. The highest BCUT2D eigenvalue weighted by atomic mass is 14.9. The van der Waals surface area contributed by atoms with Crippen molar-refractivity contribution in [2.24, 2.45) is 16.7 Å². The molecule has 0 saturated heterocycles. The molecule has 1 saturated carbocycles. The van der Waals surface area contributed by atoms with Gasteiger partial charge in [0.15, 0.2) is 0 Å². The van der Waals surface area contributed by atoms with Crippen molar-refractivity contribution in [3.63, 3.8) is 0 Å². The van der Waals surface area contributed by atoms with Crippen molar-refractivity contribution in [3.8, 4) is 0 Å². The van der Waals surface area contributed by atoms with Crippen LogP contribution in [0.25, 0.3) is 0 Å². The van der Waals surface area contributed by atoms with Crippen LogP contribution in [-0.2, 0) is 13.0 Å². The van der Waals surface area contributed by atoms with Gasteiger partial charge < -0.3 is 5.32 Å². The monoisotopic (exact) mass is 245 g/mol. The molecule has 0 amide bonds. The van der Waals surface area contributed by atoms with E-state index >= 15 is 0 Å². The average molecular weight is 245 g/mol. The van der Waals surface area contributed by atoms with Crippen molar-refractivity contribution in [2.75, 3.05) is 6.54 Å². The Kier molecular flexibility index (Phi) is 3.55. The minimum atomic E-state index is 0.490. The second-order valence-corrected chi connectivity index (χ2v) is 6.75. The first-order valence-corrected chi connectivity index (χ1v) is 7.18. The third-order valence-corrected chi connectivity index (χ3v) is 5.48. The number of hydrogen-bond donors (Lipinski definition) is 1. The number of aryl methyl sites for hydroxylation is 1. The van der Waals surface area contributed by atoms with Crippen LogP contribution in [-0.4, -0.2) is 6.54 Å². The summed E-state index contributed by atoms with van der Waals surface area (Å²) in [5, 5.41) is 3.65. The van der Waals surface area contributed by atoms with Gasteiger partial charge in [-0.05, 0) is 40.8 Å². The number of hydrogen-bond acceptors (Lipinski definition) is 1. The van der Waals surface area contributed by atoms with E-state index in [0.29, 0.717) is 10.8 Å². The minimum absolute atomic E-state index is 0.490. The van der Waals surface area contributed by atoms with Crippen molar-refractivity contribution in [1.29, 1.82) is 0 Å². The molecule has 0 aliphatic heterocycles. The zero-order chi connectivity index (χ0) is 13.4. The van der Waals surface area contributed by atoms with E-state index in [1.807, 2.05) is 0 Å². The molecule has 1 aliphatic rings. The highest BCUT2D eigenvalue weighted by Crippen LogP contribution is 2.67. The van der Waals surface area contributed by atoms with E-state index in [2.05, 4.69) is 64.2 Å². The minimum Gasteiger partial charge on any atom is -0.312 e. The predicted octanol–water partition coefficient (Wildman–Crippen LogP) is 4.02. The maximum Gasteiger partial charge on any atom is 0.0208 e. The van der Waals surface area contributed by atoms with Crippen LogP contribution in [0.3, 0.4) is 0 Å². The Morgan fingerprint density at radius 1 is 1.00 bits per heavy atom. The van der Waals surface area contributed by atoms with Gasteiger partial charge in [0.2, 0.25) is 0 Å². The van der Waals surface area contributed by atoms with Crippen LogP contribution in [0, 0.1) is 16.7 Å². The fourth-order valence-corrected chi connectivity index (χ4v) is 3.27. The number of rotatable bonds is 5. The fraction of sp³-hybridized carbons (Fsp3) is 0.647. The first-order valence-electron chi connectivity index (χ1n) is 7.18.